The molecule has 4 heteroatoms. The van der Waals surface area contributed by atoms with Gasteiger partial charge in [0.05, 0.1) is 17.3 Å². The third-order valence-electron chi connectivity index (χ3n) is 5.02. The van der Waals surface area contributed by atoms with Gasteiger partial charge in [-0.05, 0) is 55.3 Å². The second-order valence-electron chi connectivity index (χ2n) is 7.93. The summed E-state index contributed by atoms with van der Waals surface area (Å²) in [5, 5.41) is 8.77. The highest BCUT2D eigenvalue weighted by atomic mass is 32.2. The summed E-state index contributed by atoms with van der Waals surface area (Å²) in [7, 11) is 0. The Morgan fingerprint density at radius 3 is 2.74 bits per heavy atom. The molecule has 27 heavy (non-hydrogen) atoms. The Hall–Kier alpha value is -2.22. The van der Waals surface area contributed by atoms with E-state index in [1.54, 1.807) is 0 Å². The quantitative estimate of drug-likeness (QED) is 0.504. The van der Waals surface area contributed by atoms with Gasteiger partial charge in [-0.1, -0.05) is 31.8 Å². The average molecular weight is 376 g/mol. The van der Waals surface area contributed by atoms with Gasteiger partial charge < -0.3 is 0 Å². The van der Waals surface area contributed by atoms with E-state index < -0.39 is 0 Å². The molecule has 0 radical (unpaired) electrons. The Kier molecular flexibility index (Phi) is 4.75. The maximum absolute atomic E-state index is 4.08. The lowest BCUT2D eigenvalue weighted by Gasteiger charge is -2.30. The summed E-state index contributed by atoms with van der Waals surface area (Å²) in [6.07, 6.45) is 1.84. The van der Waals surface area contributed by atoms with E-state index in [9.17, 15) is 0 Å². The molecule has 2 heterocycles. The normalized spacial score (nSPS) is 14.4. The number of fused-ring (bicyclic) bond motifs is 2. The van der Waals surface area contributed by atoms with Gasteiger partial charge in [0.2, 0.25) is 0 Å². The summed E-state index contributed by atoms with van der Waals surface area (Å²) >= 11 is 1.93. The number of nitrogens with zero attached hydrogens (tertiary/aromatic N) is 2. The monoisotopic (exact) mass is 375 g/mol. The van der Waals surface area contributed by atoms with Gasteiger partial charge in [-0.15, -0.1) is 11.8 Å². The van der Waals surface area contributed by atoms with Crippen molar-refractivity contribution in [2.75, 3.05) is 0 Å². The largest absolute Gasteiger partial charge is 0.279 e. The van der Waals surface area contributed by atoms with Gasteiger partial charge in [0.25, 0.3) is 0 Å². The van der Waals surface area contributed by atoms with E-state index in [0.29, 0.717) is 5.25 Å². The number of thioether (sulfide) groups is 1. The molecule has 0 spiro atoms. The number of hydrogen-bond acceptors (Lipinski definition) is 3. The van der Waals surface area contributed by atoms with Crippen LogP contribution in [0.4, 0.5) is 0 Å². The first-order valence-corrected chi connectivity index (χ1v) is 10.3. The van der Waals surface area contributed by atoms with Gasteiger partial charge in [0.15, 0.2) is 0 Å². The predicted molar refractivity (Wildman–Crippen MR) is 114 cm³/mol. The van der Waals surface area contributed by atoms with Gasteiger partial charge >= 0.3 is 0 Å². The van der Waals surface area contributed by atoms with Gasteiger partial charge in [0.1, 0.15) is 0 Å². The van der Waals surface area contributed by atoms with Crippen molar-refractivity contribution in [1.29, 1.82) is 0 Å². The van der Waals surface area contributed by atoms with Crippen LogP contribution in [-0.2, 0) is 13.1 Å². The Morgan fingerprint density at radius 2 is 1.93 bits per heavy atom. The van der Waals surface area contributed by atoms with Crippen LogP contribution in [0.1, 0.15) is 44.4 Å². The minimum atomic E-state index is -0.185. The molecule has 1 aliphatic rings. The van der Waals surface area contributed by atoms with Crippen molar-refractivity contribution >= 4 is 22.7 Å². The van der Waals surface area contributed by atoms with Gasteiger partial charge in [0, 0.05) is 34.2 Å². The van der Waals surface area contributed by atoms with Crippen LogP contribution in [0.2, 0.25) is 0 Å². The zero-order valence-electron chi connectivity index (χ0n) is 16.3. The predicted octanol–water partition coefficient (Wildman–Crippen LogP) is 5.21. The molecule has 1 N–H and O–H groups in total. The Labute approximate surface area is 165 Å². The molecule has 0 unspecified atom stereocenters. The highest BCUT2D eigenvalue weighted by molar-refractivity contribution is 7.99. The lowest BCUT2D eigenvalue weighted by atomic mass is 10.0. The summed E-state index contributed by atoms with van der Waals surface area (Å²) < 4.78 is 0. The first-order chi connectivity index (χ1) is 12.9. The molecule has 0 atom stereocenters. The lowest BCUT2D eigenvalue weighted by molar-refractivity contribution is 0.171. The molecule has 3 nitrogen and oxygen atoms in total. The second kappa shape index (κ2) is 7.07. The molecule has 2 aromatic carbocycles. The Morgan fingerprint density at radius 1 is 1.11 bits per heavy atom. The number of benzene rings is 2. The summed E-state index contributed by atoms with van der Waals surface area (Å²) in [4.78, 5) is 3.83. The summed E-state index contributed by atoms with van der Waals surface area (Å²) in [5.74, 6) is 6.87. The van der Waals surface area contributed by atoms with Crippen molar-refractivity contribution in [3.05, 3.63) is 59.3 Å². The van der Waals surface area contributed by atoms with E-state index in [-0.39, 0.29) is 5.54 Å². The molecule has 4 rings (SSSR count). The lowest BCUT2D eigenvalue weighted by Crippen LogP contribution is -2.38. The molecule has 0 fully saturated rings. The molecule has 1 aromatic heterocycles. The minimum absolute atomic E-state index is 0.185. The zero-order chi connectivity index (χ0) is 19.0. The van der Waals surface area contributed by atoms with Crippen LogP contribution in [0, 0.1) is 11.8 Å². The van der Waals surface area contributed by atoms with Gasteiger partial charge in [-0.2, -0.15) is 5.10 Å². The van der Waals surface area contributed by atoms with E-state index >= 15 is 0 Å². The SMILES string of the molecule is CC(C)Sc1ccc2c(c1)CN(C(C)(C)C#Cc1ccc3[nH]ncc3c1)C2. The average Bonchev–Trinajstić information content (AvgIpc) is 3.25. The third-order valence-corrected chi connectivity index (χ3v) is 6.01. The number of aromatic nitrogens is 2. The smallest absolute Gasteiger partial charge is 0.0778 e. The highest BCUT2D eigenvalue weighted by Crippen LogP contribution is 2.33. The molecule has 0 amide bonds. The molecule has 3 aromatic rings. The summed E-state index contributed by atoms with van der Waals surface area (Å²) in [6, 6.07) is 13.1. The van der Waals surface area contributed by atoms with Gasteiger partial charge in [-0.3, -0.25) is 10.00 Å². The zero-order valence-corrected chi connectivity index (χ0v) is 17.2. The molecule has 0 saturated carbocycles. The fourth-order valence-electron chi connectivity index (χ4n) is 3.44. The number of nitrogens with one attached hydrogen (secondary N) is 1. The maximum Gasteiger partial charge on any atom is 0.0778 e. The van der Waals surface area contributed by atoms with Crippen LogP contribution in [0.15, 0.2) is 47.5 Å². The summed E-state index contributed by atoms with van der Waals surface area (Å²) in [5.41, 5.74) is 4.76. The van der Waals surface area contributed by atoms with Crippen LogP contribution in [0.5, 0.6) is 0 Å². The Bertz CT molecular complexity index is 1040. The maximum atomic E-state index is 4.08. The molecule has 1 aliphatic heterocycles. The minimum Gasteiger partial charge on any atom is -0.279 e. The summed E-state index contributed by atoms with van der Waals surface area (Å²) in [6.45, 7) is 10.8. The van der Waals surface area contributed by atoms with E-state index in [1.165, 1.54) is 16.0 Å². The van der Waals surface area contributed by atoms with E-state index in [4.69, 9.17) is 0 Å². The van der Waals surface area contributed by atoms with Crippen LogP contribution >= 0.6 is 11.8 Å². The van der Waals surface area contributed by atoms with Crippen molar-refractivity contribution in [3.63, 3.8) is 0 Å². The second-order valence-corrected chi connectivity index (χ2v) is 9.58. The third kappa shape index (κ3) is 3.90. The van der Waals surface area contributed by atoms with Crippen molar-refractivity contribution in [2.45, 2.75) is 56.5 Å². The number of H-pyrrole nitrogens is 1. The van der Waals surface area contributed by atoms with E-state index in [0.717, 1.165) is 29.6 Å². The molecule has 138 valence electrons. The molecule has 0 bridgehead atoms. The van der Waals surface area contributed by atoms with Crippen LogP contribution in [0.25, 0.3) is 10.9 Å². The van der Waals surface area contributed by atoms with Crippen molar-refractivity contribution in [2.24, 2.45) is 0 Å². The standard InChI is InChI=1S/C23H25N3S/c1-16(2)27-21-7-6-18-14-26(15-20(18)12-21)23(3,4)10-9-17-5-8-22-19(11-17)13-24-25-22/h5-8,11-13,16H,14-15H2,1-4H3,(H,24,25). The number of aromatic amines is 1. The fraction of sp³-hybridized carbons (Fsp3) is 0.348. The number of hydrogen-bond donors (Lipinski definition) is 1. The topological polar surface area (TPSA) is 31.9 Å². The van der Waals surface area contributed by atoms with Crippen LogP contribution in [-0.4, -0.2) is 25.9 Å². The first-order valence-electron chi connectivity index (χ1n) is 9.40. The van der Waals surface area contributed by atoms with Crippen molar-refractivity contribution in [1.82, 2.24) is 15.1 Å². The number of rotatable bonds is 3. The van der Waals surface area contributed by atoms with Crippen molar-refractivity contribution < 1.29 is 0 Å². The molecule has 0 saturated heterocycles. The molecule has 0 aliphatic carbocycles. The first kappa shape index (κ1) is 18.2. The van der Waals surface area contributed by atoms with Crippen molar-refractivity contribution in [3.8, 4) is 11.8 Å². The fourth-order valence-corrected chi connectivity index (χ4v) is 4.34. The Balaban J connectivity index is 1.52. The molecular formula is C23H25N3S. The van der Waals surface area contributed by atoms with E-state index in [2.05, 4.69) is 85.0 Å². The highest BCUT2D eigenvalue weighted by Gasteiger charge is 2.30. The van der Waals surface area contributed by atoms with Crippen LogP contribution in [0.3, 0.4) is 0 Å². The van der Waals surface area contributed by atoms with Gasteiger partial charge in [-0.25, -0.2) is 0 Å². The van der Waals surface area contributed by atoms with E-state index in [1.807, 2.05) is 24.0 Å². The van der Waals surface area contributed by atoms with Crippen LogP contribution < -0.4 is 0 Å². The molecular weight excluding hydrogens is 350 g/mol.